The number of carbonyl (C=O) groups is 3. The molecule has 1 heterocycles. The zero-order chi connectivity index (χ0) is 17.7. The summed E-state index contributed by atoms with van der Waals surface area (Å²) in [6, 6.07) is 0. The number of carbonyl (C=O) groups excluding carboxylic acids is 2. The van der Waals surface area contributed by atoms with Gasteiger partial charge in [0, 0.05) is 4.88 Å². The zero-order valence-electron chi connectivity index (χ0n) is 13.7. The molecule has 1 saturated carbocycles. The van der Waals surface area contributed by atoms with Gasteiger partial charge in [0.05, 0.1) is 17.4 Å². The first-order valence-corrected chi connectivity index (χ1v) is 9.45. The van der Waals surface area contributed by atoms with Gasteiger partial charge >= 0.3 is 5.97 Å². The SMILES string of the molecule is NC(=O)c1c(NC(=O)[C@H]2[C@H](C(=O)O)[C@H]3C=C[C@H]2C3)sc2c1CCCC2. The number of fused-ring (bicyclic) bond motifs is 3. The Bertz CT molecular complexity index is 797. The first-order chi connectivity index (χ1) is 12.0. The molecule has 132 valence electrons. The second-order valence-electron chi connectivity index (χ2n) is 7.11. The van der Waals surface area contributed by atoms with Gasteiger partial charge in [-0.3, -0.25) is 14.4 Å². The van der Waals surface area contributed by atoms with Crippen LogP contribution in [0.15, 0.2) is 12.2 Å². The van der Waals surface area contributed by atoms with Gasteiger partial charge in [-0.1, -0.05) is 12.2 Å². The van der Waals surface area contributed by atoms with E-state index in [1.807, 2.05) is 12.2 Å². The van der Waals surface area contributed by atoms with Gasteiger partial charge in [-0.05, 0) is 49.5 Å². The van der Waals surface area contributed by atoms with Crippen molar-refractivity contribution in [1.29, 1.82) is 0 Å². The summed E-state index contributed by atoms with van der Waals surface area (Å²) in [6.07, 6.45) is 8.33. The molecule has 4 atom stereocenters. The van der Waals surface area contributed by atoms with Crippen LogP contribution in [0, 0.1) is 23.7 Å². The van der Waals surface area contributed by atoms with Crippen molar-refractivity contribution in [3.05, 3.63) is 28.2 Å². The molecule has 4 rings (SSSR count). The van der Waals surface area contributed by atoms with Crippen LogP contribution in [0.5, 0.6) is 0 Å². The molecule has 0 spiro atoms. The second kappa shape index (κ2) is 5.98. The Morgan fingerprint density at radius 3 is 2.48 bits per heavy atom. The maximum absolute atomic E-state index is 12.9. The molecule has 3 aliphatic carbocycles. The lowest BCUT2D eigenvalue weighted by Crippen LogP contribution is -2.36. The topological polar surface area (TPSA) is 109 Å². The van der Waals surface area contributed by atoms with E-state index in [1.54, 1.807) is 0 Å². The van der Waals surface area contributed by atoms with E-state index in [4.69, 9.17) is 5.73 Å². The molecular weight excluding hydrogens is 340 g/mol. The van der Waals surface area contributed by atoms with Gasteiger partial charge in [-0.2, -0.15) is 0 Å². The summed E-state index contributed by atoms with van der Waals surface area (Å²) in [5.74, 6) is -3.18. The van der Waals surface area contributed by atoms with Crippen LogP contribution in [0.2, 0.25) is 0 Å². The number of amides is 2. The maximum atomic E-state index is 12.9. The average molecular weight is 360 g/mol. The number of primary amides is 1. The molecular formula is C18H20N2O4S. The molecule has 0 aliphatic heterocycles. The summed E-state index contributed by atoms with van der Waals surface area (Å²) in [5, 5.41) is 12.8. The third-order valence-corrected chi connectivity index (χ3v) is 6.91. The molecule has 0 aromatic carbocycles. The number of rotatable bonds is 4. The number of hydrogen-bond acceptors (Lipinski definition) is 4. The first kappa shape index (κ1) is 16.3. The van der Waals surface area contributed by atoms with Gasteiger partial charge in [-0.25, -0.2) is 0 Å². The zero-order valence-corrected chi connectivity index (χ0v) is 14.5. The van der Waals surface area contributed by atoms with E-state index in [9.17, 15) is 19.5 Å². The van der Waals surface area contributed by atoms with Crippen molar-refractivity contribution in [2.24, 2.45) is 29.4 Å². The summed E-state index contributed by atoms with van der Waals surface area (Å²) < 4.78 is 0. The Balaban J connectivity index is 1.63. The molecule has 4 N–H and O–H groups in total. The van der Waals surface area contributed by atoms with Crippen LogP contribution in [0.3, 0.4) is 0 Å². The molecule has 7 heteroatoms. The van der Waals surface area contributed by atoms with Gasteiger partial charge in [0.25, 0.3) is 5.91 Å². The van der Waals surface area contributed by atoms with E-state index in [0.29, 0.717) is 17.0 Å². The smallest absolute Gasteiger partial charge is 0.307 e. The number of carboxylic acid groups (broad SMARTS) is 1. The Morgan fingerprint density at radius 1 is 1.12 bits per heavy atom. The Labute approximate surface area is 149 Å². The molecule has 6 nitrogen and oxygen atoms in total. The Hall–Kier alpha value is -2.15. The lowest BCUT2D eigenvalue weighted by atomic mass is 9.82. The summed E-state index contributed by atoms with van der Waals surface area (Å²) in [6.45, 7) is 0. The van der Waals surface area contributed by atoms with Crippen molar-refractivity contribution in [3.8, 4) is 0 Å². The normalized spacial score (nSPS) is 29.4. The molecule has 0 radical (unpaired) electrons. The number of aryl methyl sites for hydroxylation is 1. The molecule has 1 aromatic heterocycles. The van der Waals surface area contributed by atoms with Crippen LogP contribution in [-0.2, 0) is 22.4 Å². The van der Waals surface area contributed by atoms with Gasteiger partial charge < -0.3 is 16.2 Å². The molecule has 1 aromatic rings. The van der Waals surface area contributed by atoms with Gasteiger partial charge in [0.1, 0.15) is 5.00 Å². The molecule has 3 aliphatic rings. The van der Waals surface area contributed by atoms with E-state index in [1.165, 1.54) is 11.3 Å². The number of thiophene rings is 1. The van der Waals surface area contributed by atoms with E-state index >= 15 is 0 Å². The summed E-state index contributed by atoms with van der Waals surface area (Å²) >= 11 is 1.41. The minimum Gasteiger partial charge on any atom is -0.481 e. The fraction of sp³-hybridized carbons (Fsp3) is 0.500. The minimum atomic E-state index is -0.933. The van der Waals surface area contributed by atoms with Crippen LogP contribution in [0.1, 0.15) is 40.1 Å². The number of allylic oxidation sites excluding steroid dienone is 2. The maximum Gasteiger partial charge on any atom is 0.307 e. The van der Waals surface area contributed by atoms with Crippen LogP contribution in [0.4, 0.5) is 5.00 Å². The average Bonchev–Trinajstić information content (AvgIpc) is 3.25. The monoisotopic (exact) mass is 360 g/mol. The fourth-order valence-corrected chi connectivity index (χ4v) is 5.92. The number of aliphatic carboxylic acids is 1. The quantitative estimate of drug-likeness (QED) is 0.715. The third kappa shape index (κ3) is 2.57. The fourth-order valence-electron chi connectivity index (χ4n) is 4.63. The predicted molar refractivity (Wildman–Crippen MR) is 93.5 cm³/mol. The molecule has 25 heavy (non-hydrogen) atoms. The van der Waals surface area contributed by atoms with Crippen LogP contribution in [0.25, 0.3) is 0 Å². The second-order valence-corrected chi connectivity index (χ2v) is 8.21. The van der Waals surface area contributed by atoms with Crippen LogP contribution in [-0.4, -0.2) is 22.9 Å². The number of carboxylic acids is 1. The Morgan fingerprint density at radius 2 is 1.80 bits per heavy atom. The van der Waals surface area contributed by atoms with E-state index in [2.05, 4.69) is 5.32 Å². The lowest BCUT2D eigenvalue weighted by Gasteiger charge is -2.23. The van der Waals surface area contributed by atoms with Gasteiger partial charge in [-0.15, -0.1) is 11.3 Å². The van der Waals surface area contributed by atoms with Gasteiger partial charge in [0.2, 0.25) is 5.91 Å². The highest BCUT2D eigenvalue weighted by atomic mass is 32.1. The number of nitrogens with one attached hydrogen (secondary N) is 1. The largest absolute Gasteiger partial charge is 0.481 e. The first-order valence-electron chi connectivity index (χ1n) is 8.63. The van der Waals surface area contributed by atoms with E-state index in [0.717, 1.165) is 36.1 Å². The molecule has 2 amide bonds. The van der Waals surface area contributed by atoms with Crippen molar-refractivity contribution in [2.45, 2.75) is 32.1 Å². The number of hydrogen-bond donors (Lipinski definition) is 3. The van der Waals surface area contributed by atoms with E-state index < -0.39 is 23.7 Å². The van der Waals surface area contributed by atoms with Crippen LogP contribution >= 0.6 is 11.3 Å². The third-order valence-electron chi connectivity index (χ3n) is 5.70. The lowest BCUT2D eigenvalue weighted by molar-refractivity contribution is -0.146. The van der Waals surface area contributed by atoms with Crippen molar-refractivity contribution < 1.29 is 19.5 Å². The highest BCUT2D eigenvalue weighted by Gasteiger charge is 2.51. The van der Waals surface area contributed by atoms with Crippen molar-refractivity contribution >= 4 is 34.1 Å². The van der Waals surface area contributed by atoms with Gasteiger partial charge in [0.15, 0.2) is 0 Å². The Kier molecular flexibility index (Phi) is 3.91. The highest BCUT2D eigenvalue weighted by Crippen LogP contribution is 2.49. The van der Waals surface area contributed by atoms with Crippen LogP contribution < -0.4 is 11.1 Å². The number of nitrogens with two attached hydrogens (primary N) is 1. The van der Waals surface area contributed by atoms with Crippen molar-refractivity contribution in [1.82, 2.24) is 0 Å². The summed E-state index contributed by atoms with van der Waals surface area (Å²) in [5.41, 5.74) is 6.93. The predicted octanol–water partition coefficient (Wildman–Crippen LogP) is 2.19. The minimum absolute atomic E-state index is 0.0438. The molecule has 2 bridgehead atoms. The molecule has 0 saturated heterocycles. The standard InChI is InChI=1S/C18H20N2O4S/c19-15(21)14-10-3-1-2-4-11(10)25-17(14)20-16(22)12-8-5-6-9(7-8)13(12)18(23)24/h5-6,8-9,12-13H,1-4,7H2,(H2,19,21)(H,20,22)(H,23,24)/t8-,9-,12+,13+/m0/s1. The van der Waals surface area contributed by atoms with E-state index in [-0.39, 0.29) is 17.7 Å². The number of anilines is 1. The summed E-state index contributed by atoms with van der Waals surface area (Å²) in [4.78, 5) is 37.5. The molecule has 0 unspecified atom stereocenters. The van der Waals surface area contributed by atoms with Crippen molar-refractivity contribution in [2.75, 3.05) is 5.32 Å². The highest BCUT2D eigenvalue weighted by molar-refractivity contribution is 7.17. The summed E-state index contributed by atoms with van der Waals surface area (Å²) in [7, 11) is 0. The molecule has 1 fully saturated rings. The van der Waals surface area contributed by atoms with Crippen molar-refractivity contribution in [3.63, 3.8) is 0 Å².